The van der Waals surface area contributed by atoms with Crippen molar-refractivity contribution in [2.24, 2.45) is 11.8 Å². The van der Waals surface area contributed by atoms with Crippen molar-refractivity contribution >= 4 is 23.3 Å². The minimum atomic E-state index is -0.356. The summed E-state index contributed by atoms with van der Waals surface area (Å²) in [5.41, 5.74) is 1.98. The lowest BCUT2D eigenvalue weighted by molar-refractivity contribution is -0.120. The van der Waals surface area contributed by atoms with E-state index in [0.29, 0.717) is 31.0 Å². The van der Waals surface area contributed by atoms with Crippen LogP contribution < -0.4 is 16.2 Å². The molecule has 33 heavy (non-hydrogen) atoms. The number of carbonyl (C=O) groups excluding carboxylic acids is 2. The molecule has 1 saturated carbocycles. The van der Waals surface area contributed by atoms with Gasteiger partial charge in [0.05, 0.1) is 5.69 Å². The number of anilines is 2. The topological polar surface area (TPSA) is 83.4 Å². The highest BCUT2D eigenvalue weighted by atomic mass is 19.1. The predicted octanol–water partition coefficient (Wildman–Crippen LogP) is 4.16. The molecular weight excluding hydrogens is 423 g/mol. The van der Waals surface area contributed by atoms with Gasteiger partial charge in [-0.05, 0) is 55.5 Å². The number of hydrogen-bond acceptors (Lipinski definition) is 3. The fourth-order valence-corrected chi connectivity index (χ4v) is 5.62. The number of benzene rings is 1. The molecular formula is C25H29FN4O3. The van der Waals surface area contributed by atoms with Crippen LogP contribution in [-0.2, 0) is 11.3 Å². The molecule has 1 aliphatic carbocycles. The van der Waals surface area contributed by atoms with Crippen LogP contribution in [0.4, 0.5) is 20.6 Å². The number of nitrogens with zero attached hydrogens (tertiary/aromatic N) is 2. The number of piperidine rings is 1. The highest BCUT2D eigenvalue weighted by molar-refractivity contribution is 5.93. The highest BCUT2D eigenvalue weighted by Crippen LogP contribution is 2.39. The van der Waals surface area contributed by atoms with Crippen LogP contribution in [0.5, 0.6) is 0 Å². The van der Waals surface area contributed by atoms with Crippen LogP contribution in [0.15, 0.2) is 41.2 Å². The molecule has 8 heteroatoms. The third kappa shape index (κ3) is 4.51. The number of urea groups is 1. The number of rotatable bonds is 3. The average Bonchev–Trinajstić information content (AvgIpc) is 2.82. The Kier molecular flexibility index (Phi) is 5.91. The summed E-state index contributed by atoms with van der Waals surface area (Å²) in [6.45, 7) is 1.53. The fourth-order valence-electron chi connectivity index (χ4n) is 5.62. The summed E-state index contributed by atoms with van der Waals surface area (Å²) < 4.78 is 15.0. The van der Waals surface area contributed by atoms with Crippen LogP contribution in [0.25, 0.3) is 0 Å². The molecule has 2 fully saturated rings. The maximum Gasteiger partial charge on any atom is 0.321 e. The molecule has 0 spiro atoms. The fraction of sp³-hybridized carbons (Fsp3) is 0.480. The Balaban J connectivity index is 1.36. The van der Waals surface area contributed by atoms with Crippen molar-refractivity contribution < 1.29 is 14.0 Å². The van der Waals surface area contributed by atoms with Crippen molar-refractivity contribution in [3.8, 4) is 0 Å². The Bertz CT molecular complexity index is 1110. The van der Waals surface area contributed by atoms with E-state index in [4.69, 9.17) is 0 Å². The molecule has 174 valence electrons. The summed E-state index contributed by atoms with van der Waals surface area (Å²) in [5, 5.41) is 5.94. The molecule has 2 N–H and O–H groups in total. The van der Waals surface area contributed by atoms with Gasteiger partial charge in [-0.2, -0.15) is 0 Å². The number of nitrogens with one attached hydrogen (secondary N) is 2. The van der Waals surface area contributed by atoms with Crippen molar-refractivity contribution in [3.63, 3.8) is 0 Å². The maximum atomic E-state index is 13.2. The first-order valence-corrected chi connectivity index (χ1v) is 11.8. The number of fused-ring (bicyclic) bond motifs is 4. The van der Waals surface area contributed by atoms with E-state index in [2.05, 4.69) is 10.6 Å². The zero-order valence-electron chi connectivity index (χ0n) is 18.6. The zero-order valence-corrected chi connectivity index (χ0v) is 18.6. The van der Waals surface area contributed by atoms with E-state index in [1.54, 1.807) is 15.5 Å². The summed E-state index contributed by atoms with van der Waals surface area (Å²) in [6.07, 6.45) is 6.02. The van der Waals surface area contributed by atoms with E-state index < -0.39 is 0 Å². The van der Waals surface area contributed by atoms with Gasteiger partial charge in [0.25, 0.3) is 5.56 Å². The van der Waals surface area contributed by atoms with E-state index in [9.17, 15) is 18.8 Å². The molecule has 2 bridgehead atoms. The maximum absolute atomic E-state index is 13.2. The predicted molar refractivity (Wildman–Crippen MR) is 124 cm³/mol. The molecule has 3 heterocycles. The second kappa shape index (κ2) is 9.00. The lowest BCUT2D eigenvalue weighted by Gasteiger charge is -2.43. The van der Waals surface area contributed by atoms with E-state index in [1.165, 1.54) is 36.8 Å². The van der Waals surface area contributed by atoms with Crippen LogP contribution in [0.1, 0.15) is 50.1 Å². The number of halogens is 1. The Morgan fingerprint density at radius 2 is 1.67 bits per heavy atom. The third-order valence-corrected chi connectivity index (χ3v) is 7.21. The van der Waals surface area contributed by atoms with Crippen LogP contribution >= 0.6 is 0 Å². The third-order valence-electron chi connectivity index (χ3n) is 7.21. The average molecular weight is 453 g/mol. The number of aromatic nitrogens is 1. The molecule has 2 atom stereocenters. The monoisotopic (exact) mass is 452 g/mol. The van der Waals surface area contributed by atoms with Gasteiger partial charge in [0, 0.05) is 48.9 Å². The van der Waals surface area contributed by atoms with Crippen molar-refractivity contribution in [2.45, 2.75) is 51.0 Å². The first-order valence-electron chi connectivity index (χ1n) is 11.8. The number of hydrogen-bond donors (Lipinski definition) is 2. The number of carbonyl (C=O) groups is 2. The number of likely N-dealkylation sites (tertiary alicyclic amines) is 1. The zero-order chi connectivity index (χ0) is 22.9. The molecule has 1 saturated heterocycles. The van der Waals surface area contributed by atoms with Gasteiger partial charge < -0.3 is 20.1 Å². The van der Waals surface area contributed by atoms with Gasteiger partial charge in [-0.3, -0.25) is 9.59 Å². The second-order valence-corrected chi connectivity index (χ2v) is 9.55. The van der Waals surface area contributed by atoms with Crippen molar-refractivity contribution in [3.05, 3.63) is 58.3 Å². The van der Waals surface area contributed by atoms with Gasteiger partial charge in [0.15, 0.2) is 0 Å². The molecule has 1 aromatic carbocycles. The van der Waals surface area contributed by atoms with E-state index in [0.717, 1.165) is 37.8 Å². The summed E-state index contributed by atoms with van der Waals surface area (Å²) >= 11 is 0. The van der Waals surface area contributed by atoms with Crippen molar-refractivity contribution in [1.29, 1.82) is 0 Å². The van der Waals surface area contributed by atoms with Crippen LogP contribution in [-0.4, -0.2) is 34.5 Å². The standard InChI is InChI=1S/C25H29FN4O3/c26-19-6-8-20(9-7-19)27-25(33)29-13-16-12-18(15-29)23-21(10-11-22(31)30(23)14-16)28-24(32)17-4-2-1-3-5-17/h6-11,16-18H,1-5,12-15H2,(H,27,33)(H,28,32). The van der Waals surface area contributed by atoms with Gasteiger partial charge in [0.1, 0.15) is 5.82 Å². The van der Waals surface area contributed by atoms with Gasteiger partial charge >= 0.3 is 6.03 Å². The summed E-state index contributed by atoms with van der Waals surface area (Å²) in [4.78, 5) is 40.2. The molecule has 3 aliphatic rings. The largest absolute Gasteiger partial charge is 0.324 e. The van der Waals surface area contributed by atoms with E-state index in [1.807, 2.05) is 0 Å². The number of amides is 3. The van der Waals surface area contributed by atoms with Gasteiger partial charge in [0.2, 0.25) is 5.91 Å². The number of pyridine rings is 1. The second-order valence-electron chi connectivity index (χ2n) is 9.55. The quantitative estimate of drug-likeness (QED) is 0.734. The lowest BCUT2D eigenvalue weighted by Crippen LogP contribution is -2.50. The van der Waals surface area contributed by atoms with Crippen molar-refractivity contribution in [1.82, 2.24) is 9.47 Å². The highest BCUT2D eigenvalue weighted by Gasteiger charge is 2.38. The molecule has 7 nitrogen and oxygen atoms in total. The minimum absolute atomic E-state index is 0.0204. The summed E-state index contributed by atoms with van der Waals surface area (Å²) in [5.74, 6) is -0.179. The van der Waals surface area contributed by atoms with Crippen molar-refractivity contribution in [2.75, 3.05) is 23.7 Å². The molecule has 2 aliphatic heterocycles. The molecule has 2 aromatic rings. The molecule has 2 unspecified atom stereocenters. The molecule has 0 radical (unpaired) electrons. The van der Waals surface area contributed by atoms with Crippen LogP contribution in [0.3, 0.4) is 0 Å². The van der Waals surface area contributed by atoms with E-state index in [-0.39, 0.29) is 41.1 Å². The smallest absolute Gasteiger partial charge is 0.321 e. The lowest BCUT2D eigenvalue weighted by atomic mass is 9.82. The van der Waals surface area contributed by atoms with Crippen LogP contribution in [0.2, 0.25) is 0 Å². The summed E-state index contributed by atoms with van der Waals surface area (Å²) in [6, 6.07) is 8.69. The minimum Gasteiger partial charge on any atom is -0.324 e. The molecule has 5 rings (SSSR count). The Morgan fingerprint density at radius 3 is 2.42 bits per heavy atom. The van der Waals surface area contributed by atoms with E-state index >= 15 is 0 Å². The first-order chi connectivity index (χ1) is 16.0. The Labute approximate surface area is 192 Å². The normalized spacial score (nSPS) is 22.4. The van der Waals surface area contributed by atoms with Crippen LogP contribution in [0, 0.1) is 17.7 Å². The van der Waals surface area contributed by atoms with Gasteiger partial charge in [-0.1, -0.05) is 19.3 Å². The molecule has 3 amide bonds. The van der Waals surface area contributed by atoms with Gasteiger partial charge in [-0.15, -0.1) is 0 Å². The Hall–Kier alpha value is -3.16. The SMILES string of the molecule is O=C(Nc1ccc(=O)n2c1C1CC(CN(C(=O)Nc3ccc(F)cc3)C1)C2)C1CCCCC1. The molecule has 1 aromatic heterocycles. The summed E-state index contributed by atoms with van der Waals surface area (Å²) in [7, 11) is 0. The Morgan fingerprint density at radius 1 is 0.909 bits per heavy atom. The first kappa shape index (κ1) is 21.7. The van der Waals surface area contributed by atoms with Gasteiger partial charge in [-0.25, -0.2) is 9.18 Å².